The zero-order chi connectivity index (χ0) is 18.3. The molecule has 26 heavy (non-hydrogen) atoms. The number of ether oxygens (including phenoxy) is 2. The highest BCUT2D eigenvalue weighted by Crippen LogP contribution is 2.38. The van der Waals surface area contributed by atoms with E-state index in [-0.39, 0.29) is 10.7 Å². The van der Waals surface area contributed by atoms with Crippen LogP contribution in [-0.2, 0) is 6.18 Å². The van der Waals surface area contributed by atoms with Crippen molar-refractivity contribution in [1.29, 1.82) is 0 Å². The molecule has 0 radical (unpaired) electrons. The Morgan fingerprint density at radius 3 is 2.58 bits per heavy atom. The Labute approximate surface area is 149 Å². The Bertz CT molecular complexity index is 958. The number of anilines is 1. The number of amides is 1. The van der Waals surface area contributed by atoms with E-state index in [9.17, 15) is 18.0 Å². The highest BCUT2D eigenvalue weighted by molar-refractivity contribution is 7.22. The molecule has 1 aromatic heterocycles. The van der Waals surface area contributed by atoms with Crippen LogP contribution in [0.2, 0.25) is 0 Å². The summed E-state index contributed by atoms with van der Waals surface area (Å²) in [6.45, 7) is 0.901. The van der Waals surface area contributed by atoms with Gasteiger partial charge in [0.15, 0.2) is 16.6 Å². The molecular weight excluding hydrogens is 369 g/mol. The number of thiazole rings is 1. The Hall–Kier alpha value is -2.81. The molecule has 134 valence electrons. The van der Waals surface area contributed by atoms with E-state index < -0.39 is 17.6 Å². The van der Waals surface area contributed by atoms with Gasteiger partial charge in [0, 0.05) is 17.7 Å². The largest absolute Gasteiger partial charge is 0.486 e. The zero-order valence-electron chi connectivity index (χ0n) is 13.1. The van der Waals surface area contributed by atoms with Crippen LogP contribution >= 0.6 is 11.3 Å². The summed E-state index contributed by atoms with van der Waals surface area (Å²) in [5.74, 6) is 0.514. The molecule has 0 bridgehead atoms. The summed E-state index contributed by atoms with van der Waals surface area (Å²) in [5.41, 5.74) is -0.361. The fourth-order valence-corrected chi connectivity index (χ4v) is 3.40. The number of nitrogens with zero attached hydrogens (tertiary/aromatic N) is 1. The summed E-state index contributed by atoms with van der Waals surface area (Å²) in [7, 11) is 0. The molecule has 4 rings (SSSR count). The summed E-state index contributed by atoms with van der Waals surface area (Å²) in [6.07, 6.45) is -4.51. The first-order valence-electron chi connectivity index (χ1n) is 7.59. The van der Waals surface area contributed by atoms with Crippen molar-refractivity contribution < 1.29 is 27.4 Å². The molecule has 3 aromatic rings. The maximum atomic E-state index is 12.8. The van der Waals surface area contributed by atoms with Crippen molar-refractivity contribution in [3.8, 4) is 11.5 Å². The molecule has 0 aliphatic carbocycles. The normalized spacial score (nSPS) is 13.7. The lowest BCUT2D eigenvalue weighted by Crippen LogP contribution is -2.15. The summed E-state index contributed by atoms with van der Waals surface area (Å²) < 4.78 is 50.1. The van der Waals surface area contributed by atoms with Crippen LogP contribution in [-0.4, -0.2) is 24.1 Å². The van der Waals surface area contributed by atoms with Gasteiger partial charge in [-0.1, -0.05) is 17.4 Å². The number of alkyl halides is 3. The van der Waals surface area contributed by atoms with Crippen LogP contribution in [0.1, 0.15) is 15.9 Å². The minimum atomic E-state index is -4.51. The molecule has 5 nitrogen and oxygen atoms in total. The summed E-state index contributed by atoms with van der Waals surface area (Å²) >= 11 is 1.20. The van der Waals surface area contributed by atoms with Crippen LogP contribution in [0.15, 0.2) is 36.4 Å². The van der Waals surface area contributed by atoms with Gasteiger partial charge in [0.25, 0.3) is 5.91 Å². The predicted octanol–water partition coefficient (Wildman–Crippen LogP) is 4.34. The molecule has 0 saturated carbocycles. The van der Waals surface area contributed by atoms with Gasteiger partial charge in [-0.2, -0.15) is 13.2 Å². The van der Waals surface area contributed by atoms with Crippen molar-refractivity contribution in [2.75, 3.05) is 18.5 Å². The van der Waals surface area contributed by atoms with Crippen LogP contribution in [0.25, 0.3) is 10.2 Å². The topological polar surface area (TPSA) is 60.5 Å². The van der Waals surface area contributed by atoms with Gasteiger partial charge in [0.2, 0.25) is 0 Å². The van der Waals surface area contributed by atoms with Crippen LogP contribution < -0.4 is 14.8 Å². The molecule has 1 aliphatic heterocycles. The number of benzene rings is 2. The van der Waals surface area contributed by atoms with Crippen LogP contribution in [0.4, 0.5) is 18.3 Å². The van der Waals surface area contributed by atoms with Gasteiger partial charge in [0.05, 0.1) is 15.8 Å². The molecule has 9 heteroatoms. The fraction of sp³-hybridized carbons (Fsp3) is 0.176. The maximum absolute atomic E-state index is 12.8. The Morgan fingerprint density at radius 2 is 1.85 bits per heavy atom. The molecule has 2 aromatic carbocycles. The van der Waals surface area contributed by atoms with Gasteiger partial charge in [-0.25, -0.2) is 4.98 Å². The van der Waals surface area contributed by atoms with Gasteiger partial charge in [-0.3, -0.25) is 10.1 Å². The van der Waals surface area contributed by atoms with Crippen LogP contribution in [0, 0.1) is 0 Å². The third-order valence-electron chi connectivity index (χ3n) is 3.72. The van der Waals surface area contributed by atoms with E-state index in [0.29, 0.717) is 30.2 Å². The zero-order valence-corrected chi connectivity index (χ0v) is 13.9. The predicted molar refractivity (Wildman–Crippen MR) is 90.0 cm³/mol. The summed E-state index contributed by atoms with van der Waals surface area (Å²) in [4.78, 5) is 16.6. The highest BCUT2D eigenvalue weighted by atomic mass is 32.1. The van der Waals surface area contributed by atoms with Crippen molar-refractivity contribution >= 4 is 32.6 Å². The van der Waals surface area contributed by atoms with E-state index in [1.54, 1.807) is 12.1 Å². The maximum Gasteiger partial charge on any atom is 0.416 e. The quantitative estimate of drug-likeness (QED) is 0.719. The minimum absolute atomic E-state index is 0.0926. The molecule has 0 atom stereocenters. The standard InChI is InChI=1S/C17H11F3N2O3S/c18-17(19,20)10-3-1-2-9(6-10)15(23)22-16-21-11-7-12-13(8-14(11)26-16)25-5-4-24-12/h1-3,6-8H,4-5H2,(H,21,22,23). The Balaban J connectivity index is 1.60. The third-order valence-corrected chi connectivity index (χ3v) is 4.66. The van der Waals surface area contributed by atoms with Gasteiger partial charge in [-0.05, 0) is 18.2 Å². The number of hydrogen-bond donors (Lipinski definition) is 1. The SMILES string of the molecule is O=C(Nc1nc2cc3c(cc2s1)OCCO3)c1cccc(C(F)(F)F)c1. The number of fused-ring (bicyclic) bond motifs is 2. The van der Waals surface area contributed by atoms with Gasteiger partial charge < -0.3 is 9.47 Å². The van der Waals surface area contributed by atoms with E-state index >= 15 is 0 Å². The van der Waals surface area contributed by atoms with E-state index in [2.05, 4.69) is 10.3 Å². The fourth-order valence-electron chi connectivity index (χ4n) is 2.52. The lowest BCUT2D eigenvalue weighted by Gasteiger charge is -2.17. The molecule has 0 spiro atoms. The molecule has 0 fully saturated rings. The minimum Gasteiger partial charge on any atom is -0.486 e. The molecular formula is C17H11F3N2O3S. The van der Waals surface area contributed by atoms with E-state index in [1.807, 2.05) is 0 Å². The molecule has 0 unspecified atom stereocenters. The number of hydrogen-bond acceptors (Lipinski definition) is 5. The first kappa shape index (κ1) is 16.6. The van der Waals surface area contributed by atoms with Crippen LogP contribution in [0.5, 0.6) is 11.5 Å². The van der Waals surface area contributed by atoms with Crippen LogP contribution in [0.3, 0.4) is 0 Å². The highest BCUT2D eigenvalue weighted by Gasteiger charge is 2.31. The number of aromatic nitrogens is 1. The Morgan fingerprint density at radius 1 is 1.12 bits per heavy atom. The first-order chi connectivity index (χ1) is 12.4. The summed E-state index contributed by atoms with van der Waals surface area (Å²) in [5, 5.41) is 2.82. The van der Waals surface area contributed by atoms with E-state index in [0.717, 1.165) is 16.8 Å². The second kappa shape index (κ2) is 6.17. The molecule has 1 amide bonds. The lowest BCUT2D eigenvalue weighted by molar-refractivity contribution is -0.137. The first-order valence-corrected chi connectivity index (χ1v) is 8.40. The lowest BCUT2D eigenvalue weighted by atomic mass is 10.1. The number of halogens is 3. The molecule has 2 heterocycles. The average Bonchev–Trinajstić information content (AvgIpc) is 3.00. The number of rotatable bonds is 2. The average molecular weight is 380 g/mol. The van der Waals surface area contributed by atoms with Crippen molar-refractivity contribution in [3.63, 3.8) is 0 Å². The van der Waals surface area contributed by atoms with E-state index in [4.69, 9.17) is 9.47 Å². The molecule has 1 N–H and O–H groups in total. The van der Waals surface area contributed by atoms with Crippen molar-refractivity contribution in [2.45, 2.75) is 6.18 Å². The van der Waals surface area contributed by atoms with Crippen molar-refractivity contribution in [1.82, 2.24) is 4.98 Å². The van der Waals surface area contributed by atoms with Gasteiger partial charge >= 0.3 is 6.18 Å². The second-order valence-corrected chi connectivity index (χ2v) is 6.55. The van der Waals surface area contributed by atoms with Gasteiger partial charge in [-0.15, -0.1) is 0 Å². The number of carbonyl (C=O) groups excluding carboxylic acids is 1. The van der Waals surface area contributed by atoms with Crippen molar-refractivity contribution in [3.05, 3.63) is 47.5 Å². The third kappa shape index (κ3) is 3.17. The monoisotopic (exact) mass is 380 g/mol. The van der Waals surface area contributed by atoms with Crippen molar-refractivity contribution in [2.24, 2.45) is 0 Å². The second-order valence-electron chi connectivity index (χ2n) is 5.52. The summed E-state index contributed by atoms with van der Waals surface area (Å²) in [6, 6.07) is 7.71. The Kier molecular flexibility index (Phi) is 3.95. The molecule has 1 aliphatic rings. The molecule has 0 saturated heterocycles. The number of carbonyl (C=O) groups is 1. The number of nitrogens with one attached hydrogen (secondary N) is 1. The van der Waals surface area contributed by atoms with E-state index in [1.165, 1.54) is 23.5 Å². The smallest absolute Gasteiger partial charge is 0.416 e. The van der Waals surface area contributed by atoms with Gasteiger partial charge in [0.1, 0.15) is 13.2 Å².